The van der Waals surface area contributed by atoms with Gasteiger partial charge in [-0.25, -0.2) is 9.69 Å². The fourth-order valence-corrected chi connectivity index (χ4v) is 1.81. The molecule has 8 nitrogen and oxygen atoms in total. The Morgan fingerprint density at radius 3 is 2.70 bits per heavy atom. The Bertz CT molecular complexity index is 519. The molecule has 1 fully saturated rings. The molecule has 1 aromatic rings. The summed E-state index contributed by atoms with van der Waals surface area (Å²) < 4.78 is 4.85. The molecule has 8 heteroatoms. The molecular weight excluding hydrogens is 266 g/mol. The summed E-state index contributed by atoms with van der Waals surface area (Å²) in [6.07, 6.45) is -2.62. The number of ether oxygens (including phenoxy) is 1. The number of nitro groups is 1. The fourth-order valence-electron chi connectivity index (χ4n) is 1.81. The van der Waals surface area contributed by atoms with Crippen molar-refractivity contribution in [3.05, 3.63) is 46.0 Å². The third kappa shape index (κ3) is 3.09. The Kier molecular flexibility index (Phi) is 4.26. The summed E-state index contributed by atoms with van der Waals surface area (Å²) in [7, 11) is 0. The Hall–Kier alpha value is -2.48. The Balaban J connectivity index is 2.10. The average molecular weight is 279 g/mol. The number of nitrogens with zero attached hydrogens (tertiary/aromatic N) is 2. The van der Waals surface area contributed by atoms with Crippen molar-refractivity contribution < 1.29 is 19.2 Å². The standard InChI is InChI=1S/C12H13N3O5/c16-10-8-13-6-7-14(10)12(17)20-11(15(18)19)9-4-2-1-3-5-9/h1-5,11,13H,6-8H2. The van der Waals surface area contributed by atoms with Crippen LogP contribution in [0.3, 0.4) is 0 Å². The van der Waals surface area contributed by atoms with Crippen LogP contribution in [0.1, 0.15) is 11.8 Å². The molecule has 0 bridgehead atoms. The summed E-state index contributed by atoms with van der Waals surface area (Å²) in [4.78, 5) is 34.5. The maximum atomic E-state index is 11.8. The normalized spacial score (nSPS) is 16.6. The molecule has 1 unspecified atom stereocenters. The Morgan fingerprint density at radius 2 is 2.10 bits per heavy atom. The number of imide groups is 1. The first-order valence-corrected chi connectivity index (χ1v) is 5.99. The number of hydrogen-bond donors (Lipinski definition) is 1. The first-order valence-electron chi connectivity index (χ1n) is 5.99. The van der Waals surface area contributed by atoms with Crippen molar-refractivity contribution in [3.63, 3.8) is 0 Å². The van der Waals surface area contributed by atoms with Gasteiger partial charge in [0, 0.05) is 13.1 Å². The van der Waals surface area contributed by atoms with Crippen LogP contribution in [0, 0.1) is 10.1 Å². The van der Waals surface area contributed by atoms with Crippen LogP contribution in [0.4, 0.5) is 4.79 Å². The molecule has 1 heterocycles. The molecule has 106 valence electrons. The number of nitrogens with one attached hydrogen (secondary N) is 1. The third-order valence-electron chi connectivity index (χ3n) is 2.80. The van der Waals surface area contributed by atoms with Gasteiger partial charge in [-0.2, -0.15) is 0 Å². The van der Waals surface area contributed by atoms with E-state index in [2.05, 4.69) is 5.32 Å². The number of amides is 2. The third-order valence-corrected chi connectivity index (χ3v) is 2.80. The van der Waals surface area contributed by atoms with E-state index in [9.17, 15) is 19.7 Å². The highest BCUT2D eigenvalue weighted by molar-refractivity contribution is 5.93. The van der Waals surface area contributed by atoms with E-state index >= 15 is 0 Å². The quantitative estimate of drug-likeness (QED) is 0.492. The van der Waals surface area contributed by atoms with Gasteiger partial charge >= 0.3 is 12.3 Å². The predicted molar refractivity (Wildman–Crippen MR) is 67.2 cm³/mol. The zero-order chi connectivity index (χ0) is 14.5. The zero-order valence-electron chi connectivity index (χ0n) is 10.5. The molecule has 0 saturated carbocycles. The molecular formula is C12H13N3O5. The van der Waals surface area contributed by atoms with E-state index in [-0.39, 0.29) is 18.7 Å². The molecule has 1 aliphatic heterocycles. The van der Waals surface area contributed by atoms with Gasteiger partial charge in [-0.15, -0.1) is 0 Å². The summed E-state index contributed by atoms with van der Waals surface area (Å²) in [5, 5.41) is 13.8. The number of hydrogen-bond acceptors (Lipinski definition) is 6. The molecule has 20 heavy (non-hydrogen) atoms. The van der Waals surface area contributed by atoms with E-state index in [1.54, 1.807) is 18.2 Å². The van der Waals surface area contributed by atoms with Crippen molar-refractivity contribution >= 4 is 12.0 Å². The maximum Gasteiger partial charge on any atom is 0.422 e. The fraction of sp³-hybridized carbons (Fsp3) is 0.333. The number of carbonyl (C=O) groups excluding carboxylic acids is 2. The minimum absolute atomic E-state index is 0.0174. The first-order chi connectivity index (χ1) is 9.59. The van der Waals surface area contributed by atoms with E-state index in [0.717, 1.165) is 4.90 Å². The van der Waals surface area contributed by atoms with Gasteiger partial charge in [-0.1, -0.05) is 18.2 Å². The van der Waals surface area contributed by atoms with Gasteiger partial charge in [0.1, 0.15) is 0 Å². The monoisotopic (exact) mass is 279 g/mol. The lowest BCUT2D eigenvalue weighted by Gasteiger charge is -2.25. The van der Waals surface area contributed by atoms with Gasteiger partial charge in [0.25, 0.3) is 0 Å². The smallest absolute Gasteiger partial charge is 0.377 e. The largest absolute Gasteiger partial charge is 0.422 e. The Morgan fingerprint density at radius 1 is 1.40 bits per heavy atom. The SMILES string of the molecule is O=C1CNCCN1C(=O)OC(c1ccccc1)[N+](=O)[O-]. The second kappa shape index (κ2) is 6.11. The summed E-state index contributed by atoms with van der Waals surface area (Å²) in [6.45, 7) is 0.593. The zero-order valence-corrected chi connectivity index (χ0v) is 10.5. The van der Waals surface area contributed by atoms with Crippen molar-refractivity contribution in [2.24, 2.45) is 0 Å². The van der Waals surface area contributed by atoms with Crippen LogP contribution < -0.4 is 5.32 Å². The van der Waals surface area contributed by atoms with Gasteiger partial charge in [0.2, 0.25) is 5.91 Å². The number of benzene rings is 1. The second-order valence-electron chi connectivity index (χ2n) is 4.15. The van der Waals surface area contributed by atoms with Crippen LogP contribution in [-0.4, -0.2) is 41.5 Å². The van der Waals surface area contributed by atoms with Crippen LogP contribution in [0.2, 0.25) is 0 Å². The lowest BCUT2D eigenvalue weighted by atomic mass is 10.2. The molecule has 1 N–H and O–H groups in total. The Labute approximate surface area is 114 Å². The number of carbonyl (C=O) groups is 2. The van der Waals surface area contributed by atoms with Crippen molar-refractivity contribution in [1.29, 1.82) is 0 Å². The first kappa shape index (κ1) is 13.9. The lowest BCUT2D eigenvalue weighted by Crippen LogP contribution is -2.51. The predicted octanol–water partition coefficient (Wildman–Crippen LogP) is 0.530. The van der Waals surface area contributed by atoms with Crippen molar-refractivity contribution in [1.82, 2.24) is 10.2 Å². The molecule has 0 spiro atoms. The van der Waals surface area contributed by atoms with Crippen molar-refractivity contribution in [2.75, 3.05) is 19.6 Å². The molecule has 0 aliphatic carbocycles. The molecule has 1 saturated heterocycles. The van der Waals surface area contributed by atoms with Crippen molar-refractivity contribution in [3.8, 4) is 0 Å². The topological polar surface area (TPSA) is 102 Å². The maximum absolute atomic E-state index is 11.8. The molecule has 2 amide bonds. The molecule has 1 aliphatic rings. The van der Waals surface area contributed by atoms with Crippen LogP contribution in [-0.2, 0) is 9.53 Å². The van der Waals surface area contributed by atoms with Gasteiger partial charge in [0.15, 0.2) is 0 Å². The molecule has 0 aromatic heterocycles. The van der Waals surface area contributed by atoms with Crippen LogP contribution >= 0.6 is 0 Å². The number of rotatable bonds is 3. The molecule has 2 rings (SSSR count). The minimum atomic E-state index is -1.62. The summed E-state index contributed by atoms with van der Waals surface area (Å²) in [6, 6.07) is 7.88. The van der Waals surface area contributed by atoms with E-state index in [0.29, 0.717) is 6.54 Å². The molecule has 1 aromatic carbocycles. The minimum Gasteiger partial charge on any atom is -0.377 e. The van der Waals surface area contributed by atoms with E-state index in [1.165, 1.54) is 12.1 Å². The van der Waals surface area contributed by atoms with E-state index < -0.39 is 23.2 Å². The summed E-state index contributed by atoms with van der Waals surface area (Å²) in [5.74, 6) is -0.462. The van der Waals surface area contributed by atoms with Crippen LogP contribution in [0.25, 0.3) is 0 Å². The average Bonchev–Trinajstić information content (AvgIpc) is 2.45. The van der Waals surface area contributed by atoms with Gasteiger partial charge < -0.3 is 10.1 Å². The summed E-state index contributed by atoms with van der Waals surface area (Å²) >= 11 is 0. The van der Waals surface area contributed by atoms with E-state index in [4.69, 9.17) is 4.74 Å². The van der Waals surface area contributed by atoms with E-state index in [1.807, 2.05) is 0 Å². The lowest BCUT2D eigenvalue weighted by molar-refractivity contribution is -0.575. The van der Waals surface area contributed by atoms with Crippen molar-refractivity contribution in [2.45, 2.75) is 6.23 Å². The van der Waals surface area contributed by atoms with Crippen LogP contribution in [0.5, 0.6) is 0 Å². The highest BCUT2D eigenvalue weighted by atomic mass is 16.7. The van der Waals surface area contributed by atoms with Gasteiger partial charge in [-0.05, 0) is 12.1 Å². The highest BCUT2D eigenvalue weighted by Gasteiger charge is 2.33. The highest BCUT2D eigenvalue weighted by Crippen LogP contribution is 2.19. The van der Waals surface area contributed by atoms with Gasteiger partial charge in [0.05, 0.1) is 17.0 Å². The number of piperazine rings is 1. The second-order valence-corrected chi connectivity index (χ2v) is 4.15. The molecule has 0 radical (unpaired) electrons. The summed E-state index contributed by atoms with van der Waals surface area (Å²) in [5.41, 5.74) is 0.244. The van der Waals surface area contributed by atoms with Gasteiger partial charge in [-0.3, -0.25) is 14.9 Å². The molecule has 1 atom stereocenters. The van der Waals surface area contributed by atoms with Crippen LogP contribution in [0.15, 0.2) is 30.3 Å².